The van der Waals surface area contributed by atoms with Gasteiger partial charge >= 0.3 is 6.36 Å². The van der Waals surface area contributed by atoms with E-state index in [1.54, 1.807) is 13.0 Å². The molecule has 2 amide bonds. The van der Waals surface area contributed by atoms with Crippen LogP contribution in [-0.2, 0) is 9.53 Å². The minimum absolute atomic E-state index is 0.0452. The number of benzene rings is 1. The first-order valence-electron chi connectivity index (χ1n) is 11.5. The number of ether oxygens (including phenoxy) is 2. The Morgan fingerprint density at radius 3 is 2.50 bits per heavy atom. The summed E-state index contributed by atoms with van der Waals surface area (Å²) in [7, 11) is 0. The molecule has 0 aliphatic carbocycles. The maximum atomic E-state index is 13.9. The Labute approximate surface area is 214 Å². The molecule has 13 heteroatoms. The molecule has 0 bridgehead atoms. The van der Waals surface area contributed by atoms with Crippen molar-refractivity contribution in [3.8, 4) is 17.0 Å². The van der Waals surface area contributed by atoms with Gasteiger partial charge < -0.3 is 20.1 Å². The summed E-state index contributed by atoms with van der Waals surface area (Å²) in [6, 6.07) is 8.53. The van der Waals surface area contributed by atoms with Crippen LogP contribution in [-0.4, -0.2) is 65.4 Å². The second kappa shape index (κ2) is 11.5. The molecule has 1 aliphatic rings. The first-order chi connectivity index (χ1) is 18.1. The van der Waals surface area contributed by atoms with Gasteiger partial charge in [0.1, 0.15) is 0 Å². The van der Waals surface area contributed by atoms with Crippen molar-refractivity contribution >= 4 is 23.2 Å². The van der Waals surface area contributed by atoms with E-state index in [0.717, 1.165) is 18.2 Å². The molecular weight excluding hydrogens is 510 g/mol. The lowest BCUT2D eigenvalue weighted by Gasteiger charge is -2.31. The van der Waals surface area contributed by atoms with E-state index in [0.29, 0.717) is 32.0 Å². The quantitative estimate of drug-likeness (QED) is 0.348. The molecule has 200 valence electrons. The van der Waals surface area contributed by atoms with Crippen LogP contribution in [0.3, 0.4) is 0 Å². The zero-order chi connectivity index (χ0) is 27.3. The molecule has 1 aromatic carbocycles. The molecule has 3 heterocycles. The van der Waals surface area contributed by atoms with Gasteiger partial charge in [0.2, 0.25) is 11.9 Å². The summed E-state index contributed by atoms with van der Waals surface area (Å²) in [5, 5.41) is 5.01. The average Bonchev–Trinajstić information content (AvgIpc) is 2.89. The molecule has 0 saturated carbocycles. The predicted octanol–water partition coefficient (Wildman–Crippen LogP) is 4.09. The molecule has 2 N–H and O–H groups in total. The number of halogens is 4. The second-order valence-electron chi connectivity index (χ2n) is 8.30. The van der Waals surface area contributed by atoms with Gasteiger partial charge in [0.05, 0.1) is 48.1 Å². The number of nitrogens with one attached hydrogen (secondary N) is 2. The number of carbonyl (C=O) groups excluding carboxylic acids is 2. The highest BCUT2D eigenvalue weighted by Crippen LogP contribution is 2.32. The lowest BCUT2D eigenvalue weighted by molar-refractivity contribution is -0.274. The second-order valence-corrected chi connectivity index (χ2v) is 8.30. The van der Waals surface area contributed by atoms with Gasteiger partial charge in [0, 0.05) is 24.8 Å². The van der Waals surface area contributed by atoms with Crippen LogP contribution < -0.4 is 15.4 Å². The van der Waals surface area contributed by atoms with Crippen LogP contribution in [0.4, 0.5) is 28.9 Å². The number of carbonyl (C=O) groups is 2. The van der Waals surface area contributed by atoms with Crippen molar-refractivity contribution in [3.05, 3.63) is 66.4 Å². The van der Waals surface area contributed by atoms with Gasteiger partial charge in [-0.25, -0.2) is 4.98 Å². The van der Waals surface area contributed by atoms with E-state index in [-0.39, 0.29) is 22.5 Å². The number of hydrogen-bond donors (Lipinski definition) is 2. The lowest BCUT2D eigenvalue weighted by Crippen LogP contribution is -2.47. The number of alkyl halides is 3. The van der Waals surface area contributed by atoms with Crippen molar-refractivity contribution in [1.29, 1.82) is 0 Å². The van der Waals surface area contributed by atoms with E-state index in [1.807, 2.05) is 4.90 Å². The summed E-state index contributed by atoms with van der Waals surface area (Å²) >= 11 is 0. The van der Waals surface area contributed by atoms with Gasteiger partial charge in [-0.1, -0.05) is 0 Å². The summed E-state index contributed by atoms with van der Waals surface area (Å²) < 4.78 is 62.1. The Bertz CT molecular complexity index is 1300. The molecule has 1 aliphatic heterocycles. The van der Waals surface area contributed by atoms with Crippen LogP contribution in [0.25, 0.3) is 11.3 Å². The summed E-state index contributed by atoms with van der Waals surface area (Å²) in [6.45, 7) is 3.47. The van der Waals surface area contributed by atoms with Gasteiger partial charge in [0.15, 0.2) is 5.75 Å². The maximum Gasteiger partial charge on any atom is 0.573 e. The average molecular weight is 533 g/mol. The Balaban J connectivity index is 1.51. The molecule has 1 atom stereocenters. The van der Waals surface area contributed by atoms with Crippen molar-refractivity contribution in [1.82, 2.24) is 14.9 Å². The fourth-order valence-electron chi connectivity index (χ4n) is 3.76. The summed E-state index contributed by atoms with van der Waals surface area (Å²) in [5.74, 6) is -2.61. The normalized spacial score (nSPS) is 15.0. The first-order valence-corrected chi connectivity index (χ1v) is 11.5. The van der Waals surface area contributed by atoms with Crippen LogP contribution in [0.5, 0.6) is 5.75 Å². The highest BCUT2D eigenvalue weighted by atomic mass is 19.4. The van der Waals surface area contributed by atoms with Crippen LogP contribution >= 0.6 is 0 Å². The monoisotopic (exact) mass is 533 g/mol. The van der Waals surface area contributed by atoms with E-state index >= 15 is 0 Å². The minimum Gasteiger partial charge on any atom is -0.404 e. The van der Waals surface area contributed by atoms with Crippen molar-refractivity contribution < 1.29 is 36.6 Å². The lowest BCUT2D eigenvalue weighted by atomic mass is 10.1. The number of hydrogen-bond acceptors (Lipinski definition) is 7. The Hall–Kier alpha value is -4.10. The SMILES string of the molecule is CC(C(=O)Nc1cc(C(=O)Nc2ccc(-c3cccnc3F)nc2)ccc1OC(F)(F)F)N1CCOCC1. The van der Waals surface area contributed by atoms with Crippen molar-refractivity contribution in [2.75, 3.05) is 36.9 Å². The fraction of sp³-hybridized carbons (Fsp3) is 0.280. The Morgan fingerprint density at radius 2 is 1.84 bits per heavy atom. The Kier molecular flexibility index (Phi) is 8.17. The van der Waals surface area contributed by atoms with E-state index < -0.39 is 35.9 Å². The number of anilines is 2. The number of morpholine rings is 1. The molecular formula is C25H23F4N5O4. The van der Waals surface area contributed by atoms with Crippen molar-refractivity contribution in [3.63, 3.8) is 0 Å². The van der Waals surface area contributed by atoms with Crippen LogP contribution in [0.15, 0.2) is 54.9 Å². The number of nitrogens with zero attached hydrogens (tertiary/aromatic N) is 3. The van der Waals surface area contributed by atoms with E-state index in [2.05, 4.69) is 25.3 Å². The molecule has 4 rings (SSSR count). The third-order valence-electron chi connectivity index (χ3n) is 5.75. The van der Waals surface area contributed by atoms with Gasteiger partial charge in [-0.05, 0) is 49.4 Å². The fourth-order valence-corrected chi connectivity index (χ4v) is 3.76. The molecule has 1 fully saturated rings. The Morgan fingerprint density at radius 1 is 1.08 bits per heavy atom. The molecule has 0 radical (unpaired) electrons. The molecule has 0 spiro atoms. The van der Waals surface area contributed by atoms with Crippen LogP contribution in [0.1, 0.15) is 17.3 Å². The van der Waals surface area contributed by atoms with Crippen LogP contribution in [0, 0.1) is 5.95 Å². The van der Waals surface area contributed by atoms with E-state index in [9.17, 15) is 27.2 Å². The van der Waals surface area contributed by atoms with Gasteiger partial charge in [0.25, 0.3) is 5.91 Å². The summed E-state index contributed by atoms with van der Waals surface area (Å²) in [4.78, 5) is 35.2. The number of pyridine rings is 2. The number of aromatic nitrogens is 2. The van der Waals surface area contributed by atoms with Gasteiger partial charge in [-0.15, -0.1) is 13.2 Å². The predicted molar refractivity (Wildman–Crippen MR) is 129 cm³/mol. The third-order valence-corrected chi connectivity index (χ3v) is 5.75. The van der Waals surface area contributed by atoms with Gasteiger partial charge in [-0.3, -0.25) is 19.5 Å². The number of amides is 2. The third kappa shape index (κ3) is 6.81. The maximum absolute atomic E-state index is 13.9. The smallest absolute Gasteiger partial charge is 0.404 e. The molecule has 9 nitrogen and oxygen atoms in total. The molecule has 2 aromatic heterocycles. The molecule has 38 heavy (non-hydrogen) atoms. The minimum atomic E-state index is -5.01. The zero-order valence-corrected chi connectivity index (χ0v) is 20.1. The highest BCUT2D eigenvalue weighted by Gasteiger charge is 2.33. The topological polar surface area (TPSA) is 106 Å². The molecule has 3 aromatic rings. The first kappa shape index (κ1) is 26.9. The zero-order valence-electron chi connectivity index (χ0n) is 20.1. The highest BCUT2D eigenvalue weighted by molar-refractivity contribution is 6.06. The summed E-state index contributed by atoms with van der Waals surface area (Å²) in [6.07, 6.45) is -2.41. The van der Waals surface area contributed by atoms with E-state index in [4.69, 9.17) is 4.74 Å². The van der Waals surface area contributed by atoms with Crippen molar-refractivity contribution in [2.24, 2.45) is 0 Å². The summed E-state index contributed by atoms with van der Waals surface area (Å²) in [5.41, 5.74) is 0.362. The van der Waals surface area contributed by atoms with E-state index in [1.165, 1.54) is 30.6 Å². The standard InChI is InChI=1S/C25H23F4N5O4/c1-15(34-9-11-37-12-10-34)23(35)33-20-13-16(4-7-21(20)38-25(27,28)29)24(36)32-17-5-6-19(31-14-17)18-3-2-8-30-22(18)26/h2-8,13-15H,9-12H2,1H3,(H,32,36)(H,33,35). The van der Waals surface area contributed by atoms with Crippen molar-refractivity contribution in [2.45, 2.75) is 19.3 Å². The largest absolute Gasteiger partial charge is 0.573 e. The molecule has 1 saturated heterocycles. The number of rotatable bonds is 7. The van der Waals surface area contributed by atoms with Crippen LogP contribution in [0.2, 0.25) is 0 Å². The van der Waals surface area contributed by atoms with Gasteiger partial charge in [-0.2, -0.15) is 4.39 Å². The molecule has 1 unspecified atom stereocenters.